The summed E-state index contributed by atoms with van der Waals surface area (Å²) in [6.07, 6.45) is 1.37. The van der Waals surface area contributed by atoms with Gasteiger partial charge in [-0.05, 0) is 29.0 Å². The molecule has 5 heteroatoms. The quantitative estimate of drug-likeness (QED) is 0.287. The summed E-state index contributed by atoms with van der Waals surface area (Å²) in [5.74, 6) is 6.37. The molecule has 19 heavy (non-hydrogen) atoms. The molecule has 0 heterocycles. The molecule has 5 nitrogen and oxygen atoms in total. The fraction of sp³-hybridized carbons (Fsp3) is 0.500. The molecule has 0 bridgehead atoms. The number of hydrogen-bond acceptors (Lipinski definition) is 4. The van der Waals surface area contributed by atoms with E-state index in [1.165, 1.54) is 0 Å². The molecule has 104 valence electrons. The smallest absolute Gasteiger partial charge is 0.174 e. The van der Waals surface area contributed by atoms with Crippen LogP contribution in [-0.2, 0) is 12.8 Å². The van der Waals surface area contributed by atoms with Crippen molar-refractivity contribution in [2.75, 3.05) is 7.11 Å². The highest BCUT2D eigenvalue weighted by Gasteiger charge is 2.15. The van der Waals surface area contributed by atoms with Crippen molar-refractivity contribution < 1.29 is 4.74 Å². The number of nitrogens with two attached hydrogens (primary N) is 1. The summed E-state index contributed by atoms with van der Waals surface area (Å²) >= 11 is 0. The van der Waals surface area contributed by atoms with Crippen LogP contribution < -0.4 is 10.6 Å². The normalized spacial score (nSPS) is 12.3. The minimum Gasteiger partial charge on any atom is -0.496 e. The summed E-state index contributed by atoms with van der Waals surface area (Å²) in [6, 6.07) is 5.95. The molecular formula is C14H22N4O. The minimum absolute atomic E-state index is 0.177. The first kappa shape index (κ1) is 15.1. The van der Waals surface area contributed by atoms with Gasteiger partial charge >= 0.3 is 0 Å². The van der Waals surface area contributed by atoms with Crippen molar-refractivity contribution in [2.45, 2.75) is 33.6 Å². The van der Waals surface area contributed by atoms with Gasteiger partial charge in [0.2, 0.25) is 0 Å². The van der Waals surface area contributed by atoms with Crippen LogP contribution in [0.25, 0.3) is 0 Å². The minimum atomic E-state index is 0.177. The van der Waals surface area contributed by atoms with Gasteiger partial charge < -0.3 is 10.6 Å². The Balaban J connectivity index is 3.04. The largest absolute Gasteiger partial charge is 0.496 e. The second-order valence-electron chi connectivity index (χ2n) is 5.72. The van der Waals surface area contributed by atoms with Crippen LogP contribution in [0.4, 0.5) is 0 Å². The molecule has 0 saturated heterocycles. The summed E-state index contributed by atoms with van der Waals surface area (Å²) in [6.45, 7) is 6.56. The zero-order valence-corrected chi connectivity index (χ0v) is 12.0. The standard InChI is InChI=1S/C14H22N4O/c1-14(2,3)9-11-7-10(5-6-12(11)19-4)8-13(17-15)18-16/h5-7,15H,8-9,16H2,1-4H3/b17-15?,18-13-. The van der Waals surface area contributed by atoms with Crippen LogP contribution in [0.15, 0.2) is 28.4 Å². The number of amidine groups is 1. The average Bonchev–Trinajstić information content (AvgIpc) is 2.34. The van der Waals surface area contributed by atoms with Crippen LogP contribution in [0.3, 0.4) is 0 Å². The molecular weight excluding hydrogens is 240 g/mol. The Labute approximate surface area is 114 Å². The molecule has 0 aliphatic carbocycles. The summed E-state index contributed by atoms with van der Waals surface area (Å²) in [4.78, 5) is 0. The van der Waals surface area contributed by atoms with E-state index in [9.17, 15) is 0 Å². The first-order valence-corrected chi connectivity index (χ1v) is 6.19. The second-order valence-corrected chi connectivity index (χ2v) is 5.72. The maximum absolute atomic E-state index is 6.97. The molecule has 0 aliphatic rings. The Bertz CT molecular complexity index is 475. The Kier molecular flexibility index (Phi) is 5.03. The molecule has 0 spiro atoms. The number of methoxy groups -OCH3 is 1. The van der Waals surface area contributed by atoms with Gasteiger partial charge in [0.05, 0.1) is 7.11 Å². The van der Waals surface area contributed by atoms with Crippen molar-refractivity contribution in [1.82, 2.24) is 0 Å². The van der Waals surface area contributed by atoms with Crippen LogP contribution in [0.5, 0.6) is 5.75 Å². The van der Waals surface area contributed by atoms with E-state index in [2.05, 4.69) is 37.1 Å². The van der Waals surface area contributed by atoms with Crippen molar-refractivity contribution in [3.63, 3.8) is 0 Å². The predicted molar refractivity (Wildman–Crippen MR) is 76.6 cm³/mol. The maximum Gasteiger partial charge on any atom is 0.174 e. The number of hydrogen-bond donors (Lipinski definition) is 2. The third-order valence-electron chi connectivity index (χ3n) is 2.71. The zero-order chi connectivity index (χ0) is 14.5. The molecule has 1 aromatic carbocycles. The molecule has 3 N–H and O–H groups in total. The van der Waals surface area contributed by atoms with Crippen LogP contribution >= 0.6 is 0 Å². The van der Waals surface area contributed by atoms with Crippen LogP contribution in [0.2, 0.25) is 0 Å². The van der Waals surface area contributed by atoms with E-state index in [0.29, 0.717) is 12.3 Å². The van der Waals surface area contributed by atoms with Crippen molar-refractivity contribution in [3.05, 3.63) is 29.3 Å². The van der Waals surface area contributed by atoms with E-state index in [1.54, 1.807) is 7.11 Å². The monoisotopic (exact) mass is 262 g/mol. The van der Waals surface area contributed by atoms with Gasteiger partial charge in [0.1, 0.15) is 5.75 Å². The lowest BCUT2D eigenvalue weighted by atomic mass is 9.87. The highest BCUT2D eigenvalue weighted by atomic mass is 16.5. The van der Waals surface area contributed by atoms with Gasteiger partial charge in [-0.3, -0.25) is 0 Å². The molecule has 0 aliphatic heterocycles. The molecule has 0 amide bonds. The van der Waals surface area contributed by atoms with Crippen molar-refractivity contribution >= 4 is 5.84 Å². The van der Waals surface area contributed by atoms with E-state index in [4.69, 9.17) is 16.1 Å². The Morgan fingerprint density at radius 2 is 2.05 bits per heavy atom. The number of ether oxygens (including phenoxy) is 1. The van der Waals surface area contributed by atoms with Crippen molar-refractivity contribution in [2.24, 2.45) is 21.5 Å². The molecule has 0 fully saturated rings. The number of nitrogens with zero attached hydrogens (tertiary/aromatic N) is 2. The Morgan fingerprint density at radius 1 is 1.37 bits per heavy atom. The highest BCUT2D eigenvalue weighted by Crippen LogP contribution is 2.28. The van der Waals surface area contributed by atoms with Crippen LogP contribution in [0, 0.1) is 10.9 Å². The van der Waals surface area contributed by atoms with Gasteiger partial charge in [-0.2, -0.15) is 5.10 Å². The summed E-state index contributed by atoms with van der Waals surface area (Å²) in [5, 5.41) is 6.77. The van der Waals surface area contributed by atoms with Gasteiger partial charge in [0, 0.05) is 6.42 Å². The molecule has 0 radical (unpaired) electrons. The molecule has 1 aromatic rings. The molecule has 1 rings (SSSR count). The fourth-order valence-corrected chi connectivity index (χ4v) is 1.95. The van der Waals surface area contributed by atoms with Crippen molar-refractivity contribution in [3.8, 4) is 5.75 Å². The zero-order valence-electron chi connectivity index (χ0n) is 12.0. The lowest BCUT2D eigenvalue weighted by Gasteiger charge is -2.20. The Hall–Kier alpha value is -1.91. The number of hydrazone groups is 1. The third-order valence-corrected chi connectivity index (χ3v) is 2.71. The van der Waals surface area contributed by atoms with E-state index >= 15 is 0 Å². The molecule has 0 saturated carbocycles. The van der Waals surface area contributed by atoms with Crippen LogP contribution in [0.1, 0.15) is 31.9 Å². The lowest BCUT2D eigenvalue weighted by molar-refractivity contribution is 0.378. The van der Waals surface area contributed by atoms with Crippen LogP contribution in [-0.4, -0.2) is 12.9 Å². The van der Waals surface area contributed by atoms with Gasteiger partial charge in [0.25, 0.3) is 0 Å². The summed E-state index contributed by atoms with van der Waals surface area (Å²) in [7, 11) is 1.67. The SMILES string of the molecule is COc1ccc(C/C(N=N)=N/N)cc1CC(C)(C)C. The van der Waals surface area contributed by atoms with E-state index in [0.717, 1.165) is 23.3 Å². The predicted octanol–water partition coefficient (Wildman–Crippen LogP) is 3.13. The third kappa shape index (κ3) is 4.69. The van der Waals surface area contributed by atoms with Gasteiger partial charge in [-0.25, -0.2) is 5.53 Å². The first-order chi connectivity index (χ1) is 8.89. The fourth-order valence-electron chi connectivity index (χ4n) is 1.95. The second kappa shape index (κ2) is 6.31. The van der Waals surface area contributed by atoms with E-state index < -0.39 is 0 Å². The van der Waals surface area contributed by atoms with Gasteiger partial charge in [0.15, 0.2) is 5.84 Å². The number of benzene rings is 1. The van der Waals surface area contributed by atoms with Gasteiger partial charge in [-0.15, -0.1) is 5.11 Å². The molecule has 0 unspecified atom stereocenters. The maximum atomic E-state index is 6.97. The number of nitrogens with one attached hydrogen (secondary N) is 1. The first-order valence-electron chi connectivity index (χ1n) is 6.19. The summed E-state index contributed by atoms with van der Waals surface area (Å²) < 4.78 is 5.39. The van der Waals surface area contributed by atoms with E-state index in [1.807, 2.05) is 12.1 Å². The Morgan fingerprint density at radius 3 is 2.53 bits per heavy atom. The summed E-state index contributed by atoms with van der Waals surface area (Å²) in [5.41, 5.74) is 9.33. The lowest BCUT2D eigenvalue weighted by Crippen LogP contribution is -2.11. The topological polar surface area (TPSA) is 83.8 Å². The van der Waals surface area contributed by atoms with E-state index in [-0.39, 0.29) is 5.41 Å². The van der Waals surface area contributed by atoms with Gasteiger partial charge in [-0.1, -0.05) is 32.9 Å². The highest BCUT2D eigenvalue weighted by molar-refractivity contribution is 5.84. The average molecular weight is 262 g/mol. The molecule has 0 aromatic heterocycles. The number of rotatable bonds is 4. The van der Waals surface area contributed by atoms with Crippen molar-refractivity contribution in [1.29, 1.82) is 5.53 Å². The molecule has 0 atom stereocenters.